The third kappa shape index (κ3) is 4.06. The molecule has 3 heterocycles. The third-order valence-corrected chi connectivity index (χ3v) is 5.73. The minimum absolute atomic E-state index is 0.164. The highest BCUT2D eigenvalue weighted by molar-refractivity contribution is 7.99. The summed E-state index contributed by atoms with van der Waals surface area (Å²) in [6.45, 7) is 1.74. The lowest BCUT2D eigenvalue weighted by molar-refractivity contribution is -0.128. The van der Waals surface area contributed by atoms with Gasteiger partial charge in [-0.15, -0.1) is 21.5 Å². The zero-order valence-corrected chi connectivity index (χ0v) is 14.6. The minimum Gasteiger partial charge on any atom is -0.342 e. The van der Waals surface area contributed by atoms with Gasteiger partial charge in [0, 0.05) is 13.1 Å². The van der Waals surface area contributed by atoms with Gasteiger partial charge in [-0.2, -0.15) is 0 Å². The van der Waals surface area contributed by atoms with E-state index < -0.39 is 0 Å². The second-order valence-electron chi connectivity index (χ2n) is 5.59. The lowest BCUT2D eigenvalue weighted by atomic mass is 10.1. The summed E-state index contributed by atoms with van der Waals surface area (Å²) in [4.78, 5) is 15.3. The molecule has 6 nitrogen and oxygen atoms in total. The van der Waals surface area contributed by atoms with E-state index in [1.807, 2.05) is 22.4 Å². The summed E-state index contributed by atoms with van der Waals surface area (Å²) >= 11 is 2.92. The molecule has 0 unspecified atom stereocenters. The van der Waals surface area contributed by atoms with Crippen LogP contribution in [-0.2, 0) is 4.79 Å². The molecule has 1 aliphatic rings. The Morgan fingerprint density at radius 1 is 1.22 bits per heavy atom. The highest BCUT2D eigenvalue weighted by atomic mass is 32.2. The molecule has 0 radical (unpaired) electrons. The number of carbonyl (C=O) groups excluding carboxylic acids is 1. The number of nitrogens with zero attached hydrogens (tertiary/aromatic N) is 4. The largest absolute Gasteiger partial charge is 0.342 e. The first-order valence-electron chi connectivity index (χ1n) is 7.90. The summed E-state index contributed by atoms with van der Waals surface area (Å²) in [5.41, 5.74) is 0. The van der Waals surface area contributed by atoms with E-state index in [9.17, 15) is 4.79 Å². The van der Waals surface area contributed by atoms with Crippen LogP contribution in [0.1, 0.15) is 32.1 Å². The molecule has 0 aliphatic carbocycles. The number of thioether (sulfide) groups is 1. The summed E-state index contributed by atoms with van der Waals surface area (Å²) in [5, 5.41) is 10.8. The smallest absolute Gasteiger partial charge is 0.233 e. The van der Waals surface area contributed by atoms with Crippen molar-refractivity contribution in [2.24, 2.45) is 0 Å². The number of likely N-dealkylation sites (tertiary alicyclic amines) is 1. The molecule has 124 valence electrons. The van der Waals surface area contributed by atoms with E-state index in [4.69, 9.17) is 5.84 Å². The number of nitrogens with two attached hydrogens (primary N) is 1. The molecule has 1 amide bonds. The molecular formula is C15H21N5OS2. The number of rotatable bonds is 4. The van der Waals surface area contributed by atoms with Gasteiger partial charge in [-0.1, -0.05) is 37.1 Å². The van der Waals surface area contributed by atoms with Gasteiger partial charge in [-0.25, -0.2) is 4.68 Å². The van der Waals surface area contributed by atoms with Crippen LogP contribution in [0.4, 0.5) is 0 Å². The van der Waals surface area contributed by atoms with Crippen LogP contribution in [0.15, 0.2) is 22.7 Å². The van der Waals surface area contributed by atoms with Crippen LogP contribution in [-0.4, -0.2) is 44.5 Å². The van der Waals surface area contributed by atoms with Crippen LogP contribution >= 0.6 is 23.1 Å². The summed E-state index contributed by atoms with van der Waals surface area (Å²) in [5.74, 6) is 7.22. The van der Waals surface area contributed by atoms with Crippen molar-refractivity contribution in [1.82, 2.24) is 19.8 Å². The Kier molecular flexibility index (Phi) is 5.56. The molecular weight excluding hydrogens is 330 g/mol. The molecule has 0 aromatic carbocycles. The van der Waals surface area contributed by atoms with Gasteiger partial charge in [0.05, 0.1) is 10.6 Å². The minimum atomic E-state index is 0.164. The van der Waals surface area contributed by atoms with Gasteiger partial charge in [0.2, 0.25) is 11.1 Å². The number of hydrogen-bond acceptors (Lipinski definition) is 6. The number of nitrogen functional groups attached to an aromatic ring is 1. The van der Waals surface area contributed by atoms with Gasteiger partial charge in [-0.3, -0.25) is 4.79 Å². The first kappa shape index (κ1) is 16.3. The highest BCUT2D eigenvalue weighted by Crippen LogP contribution is 2.25. The molecule has 3 rings (SSSR count). The molecule has 0 bridgehead atoms. The van der Waals surface area contributed by atoms with E-state index >= 15 is 0 Å². The predicted molar refractivity (Wildman–Crippen MR) is 93.9 cm³/mol. The van der Waals surface area contributed by atoms with Crippen molar-refractivity contribution in [1.29, 1.82) is 0 Å². The Bertz CT molecular complexity index is 632. The van der Waals surface area contributed by atoms with Crippen LogP contribution in [0.2, 0.25) is 0 Å². The first-order chi connectivity index (χ1) is 11.3. The second-order valence-corrected chi connectivity index (χ2v) is 7.48. The lowest BCUT2D eigenvalue weighted by Gasteiger charge is -2.24. The normalized spacial score (nSPS) is 16.1. The molecule has 2 N–H and O–H groups in total. The van der Waals surface area contributed by atoms with Gasteiger partial charge in [0.15, 0.2) is 5.82 Å². The molecule has 2 aromatic rings. The molecule has 0 atom stereocenters. The maximum Gasteiger partial charge on any atom is 0.233 e. The third-order valence-electron chi connectivity index (χ3n) is 3.94. The molecule has 2 aromatic heterocycles. The van der Waals surface area contributed by atoms with E-state index in [0.717, 1.165) is 30.8 Å². The Labute approximate surface area is 144 Å². The van der Waals surface area contributed by atoms with Crippen molar-refractivity contribution in [2.45, 2.75) is 37.3 Å². The number of aromatic nitrogens is 3. The topological polar surface area (TPSA) is 77.0 Å². The Hall–Kier alpha value is -1.54. The first-order valence-corrected chi connectivity index (χ1v) is 9.77. The van der Waals surface area contributed by atoms with E-state index in [0.29, 0.717) is 16.7 Å². The van der Waals surface area contributed by atoms with Crippen LogP contribution in [0.5, 0.6) is 0 Å². The number of amides is 1. The van der Waals surface area contributed by atoms with Gasteiger partial charge < -0.3 is 10.7 Å². The Balaban J connectivity index is 1.58. The summed E-state index contributed by atoms with van der Waals surface area (Å²) < 4.78 is 1.47. The van der Waals surface area contributed by atoms with Gasteiger partial charge >= 0.3 is 0 Å². The highest BCUT2D eigenvalue weighted by Gasteiger charge is 2.18. The maximum absolute atomic E-state index is 12.4. The molecule has 8 heteroatoms. The van der Waals surface area contributed by atoms with E-state index in [2.05, 4.69) is 10.2 Å². The summed E-state index contributed by atoms with van der Waals surface area (Å²) in [6, 6.07) is 3.91. The zero-order valence-electron chi connectivity index (χ0n) is 13.0. The van der Waals surface area contributed by atoms with Gasteiger partial charge in [0.25, 0.3) is 0 Å². The molecule has 1 saturated heterocycles. The van der Waals surface area contributed by atoms with E-state index in [1.165, 1.54) is 35.7 Å². The van der Waals surface area contributed by atoms with Crippen LogP contribution in [0.3, 0.4) is 0 Å². The maximum atomic E-state index is 12.4. The van der Waals surface area contributed by atoms with Crippen molar-refractivity contribution in [2.75, 3.05) is 24.7 Å². The van der Waals surface area contributed by atoms with Crippen molar-refractivity contribution in [3.63, 3.8) is 0 Å². The average molecular weight is 352 g/mol. The predicted octanol–water partition coefficient (Wildman–Crippen LogP) is 2.61. The lowest BCUT2D eigenvalue weighted by Crippen LogP contribution is -2.35. The molecule has 1 aliphatic heterocycles. The Morgan fingerprint density at radius 2 is 1.96 bits per heavy atom. The van der Waals surface area contributed by atoms with Crippen LogP contribution in [0, 0.1) is 0 Å². The van der Waals surface area contributed by atoms with Crippen molar-refractivity contribution < 1.29 is 4.79 Å². The monoisotopic (exact) mass is 351 g/mol. The van der Waals surface area contributed by atoms with Crippen molar-refractivity contribution in [3.05, 3.63) is 17.5 Å². The van der Waals surface area contributed by atoms with Gasteiger partial charge in [-0.05, 0) is 24.3 Å². The van der Waals surface area contributed by atoms with Crippen molar-refractivity contribution in [3.8, 4) is 10.7 Å². The van der Waals surface area contributed by atoms with Crippen LogP contribution in [0.25, 0.3) is 10.7 Å². The van der Waals surface area contributed by atoms with Crippen LogP contribution < -0.4 is 5.84 Å². The number of hydrogen-bond donors (Lipinski definition) is 1. The summed E-state index contributed by atoms with van der Waals surface area (Å²) in [6.07, 6.45) is 5.94. The quantitative estimate of drug-likeness (QED) is 0.677. The Morgan fingerprint density at radius 3 is 2.65 bits per heavy atom. The zero-order chi connectivity index (χ0) is 16.1. The number of carbonyl (C=O) groups is 1. The molecule has 23 heavy (non-hydrogen) atoms. The van der Waals surface area contributed by atoms with E-state index in [-0.39, 0.29) is 5.91 Å². The fourth-order valence-electron chi connectivity index (χ4n) is 2.66. The molecule has 0 saturated carbocycles. The molecule has 0 spiro atoms. The average Bonchev–Trinajstić information content (AvgIpc) is 3.14. The summed E-state index contributed by atoms with van der Waals surface area (Å²) in [7, 11) is 0. The fourth-order valence-corrected chi connectivity index (χ4v) is 4.13. The standard InChI is InChI=1S/C15H21N5OS2/c16-20-14(12-7-6-10-22-12)17-18-15(20)23-11-13(21)19-8-4-2-1-3-5-9-19/h6-7,10H,1-5,8-9,11,16H2. The molecule has 1 fully saturated rings. The second kappa shape index (κ2) is 7.83. The SMILES string of the molecule is Nn1c(SCC(=O)N2CCCCCCC2)nnc1-c1cccs1. The number of thiophene rings is 1. The van der Waals surface area contributed by atoms with E-state index in [1.54, 1.807) is 11.3 Å². The van der Waals surface area contributed by atoms with Gasteiger partial charge in [0.1, 0.15) is 0 Å². The fraction of sp³-hybridized carbons (Fsp3) is 0.533. The van der Waals surface area contributed by atoms with Crippen molar-refractivity contribution >= 4 is 29.0 Å².